The number of halogens is 3. The highest BCUT2D eigenvalue weighted by molar-refractivity contribution is 9.10. The fourth-order valence-electron chi connectivity index (χ4n) is 2.23. The van der Waals surface area contributed by atoms with Gasteiger partial charge in [-0.3, -0.25) is 4.72 Å². The van der Waals surface area contributed by atoms with Crippen LogP contribution in [0, 0.1) is 0 Å². The molecule has 0 saturated carbocycles. The van der Waals surface area contributed by atoms with Crippen LogP contribution in [0.5, 0.6) is 5.75 Å². The molecular formula is C17H19BrCl2N2O3S2. The summed E-state index contributed by atoms with van der Waals surface area (Å²) in [7, 11) is -0.0191. The summed E-state index contributed by atoms with van der Waals surface area (Å²) in [5, 5.41) is 10.4. The maximum atomic E-state index is 12.7. The number of anilines is 1. The largest absolute Gasteiger partial charge is 0.505 e. The highest BCUT2D eigenvalue weighted by Crippen LogP contribution is 2.36. The molecule has 0 aliphatic carbocycles. The Kier molecular flexibility index (Phi) is 8.15. The summed E-state index contributed by atoms with van der Waals surface area (Å²) in [6, 6.07) is 7.70. The van der Waals surface area contributed by atoms with E-state index in [0.717, 1.165) is 23.6 Å². The number of nitrogens with one attached hydrogen (secondary N) is 1. The number of thioether (sulfide) groups is 1. The monoisotopic (exact) mass is 512 g/mol. The third-order valence-corrected chi connectivity index (χ3v) is 6.85. The standard InChI is InChI=1S/C17H19BrCl2N2O3S2/c1-22(2)4-3-5-26-14-9-12(19)8-13(10-14)21-27(24,25)16-7-11(18)6-15(20)17(16)23/h6-10,21,23H,3-5H2,1-2H3. The van der Waals surface area contributed by atoms with Crippen molar-refractivity contribution in [1.29, 1.82) is 0 Å². The summed E-state index contributed by atoms with van der Waals surface area (Å²) in [6.45, 7) is 0.968. The van der Waals surface area contributed by atoms with Gasteiger partial charge < -0.3 is 10.0 Å². The molecule has 0 aromatic heterocycles. The van der Waals surface area contributed by atoms with E-state index in [4.69, 9.17) is 23.2 Å². The molecule has 0 amide bonds. The lowest BCUT2D eigenvalue weighted by Gasteiger charge is -2.13. The van der Waals surface area contributed by atoms with Crippen molar-refractivity contribution in [2.24, 2.45) is 0 Å². The van der Waals surface area contributed by atoms with Crippen LogP contribution < -0.4 is 4.72 Å². The van der Waals surface area contributed by atoms with Crippen molar-refractivity contribution >= 4 is 66.6 Å². The Morgan fingerprint density at radius 3 is 2.56 bits per heavy atom. The van der Waals surface area contributed by atoms with Crippen LogP contribution in [-0.4, -0.2) is 44.8 Å². The fourth-order valence-corrected chi connectivity index (χ4v) is 5.66. The SMILES string of the molecule is CN(C)CCCSc1cc(Cl)cc(NS(=O)(=O)c2cc(Br)cc(Cl)c2O)c1. The first-order valence-corrected chi connectivity index (χ1v) is 11.9. The molecule has 0 bridgehead atoms. The van der Waals surface area contributed by atoms with Crippen LogP contribution in [0.4, 0.5) is 5.69 Å². The number of hydrogen-bond donors (Lipinski definition) is 2. The minimum atomic E-state index is -4.05. The minimum absolute atomic E-state index is 0.0621. The molecule has 148 valence electrons. The average molecular weight is 514 g/mol. The predicted octanol–water partition coefficient (Wildman–Crippen LogP) is 5.31. The molecule has 5 nitrogen and oxygen atoms in total. The molecule has 2 rings (SSSR count). The molecule has 2 N–H and O–H groups in total. The highest BCUT2D eigenvalue weighted by atomic mass is 79.9. The molecule has 0 aliphatic heterocycles. The van der Waals surface area contributed by atoms with Crippen molar-refractivity contribution < 1.29 is 13.5 Å². The van der Waals surface area contributed by atoms with E-state index in [-0.39, 0.29) is 9.92 Å². The number of phenols is 1. The quantitative estimate of drug-likeness (QED) is 0.370. The minimum Gasteiger partial charge on any atom is -0.505 e. The molecule has 0 fully saturated rings. The fraction of sp³-hybridized carbons (Fsp3) is 0.294. The summed E-state index contributed by atoms with van der Waals surface area (Å²) in [5.41, 5.74) is 0.313. The second-order valence-electron chi connectivity index (χ2n) is 6.02. The van der Waals surface area contributed by atoms with Crippen molar-refractivity contribution in [1.82, 2.24) is 4.90 Å². The van der Waals surface area contributed by atoms with Gasteiger partial charge in [-0.2, -0.15) is 0 Å². The van der Waals surface area contributed by atoms with E-state index in [1.807, 2.05) is 14.1 Å². The zero-order chi connectivity index (χ0) is 20.2. The summed E-state index contributed by atoms with van der Waals surface area (Å²) in [4.78, 5) is 2.64. The lowest BCUT2D eigenvalue weighted by atomic mass is 10.3. The first kappa shape index (κ1) is 22.6. The normalized spacial score (nSPS) is 11.8. The molecule has 10 heteroatoms. The van der Waals surface area contributed by atoms with Gasteiger partial charge >= 0.3 is 0 Å². The van der Waals surface area contributed by atoms with Crippen molar-refractivity contribution in [3.8, 4) is 5.75 Å². The van der Waals surface area contributed by atoms with Gasteiger partial charge in [-0.05, 0) is 63.1 Å². The van der Waals surface area contributed by atoms with Gasteiger partial charge in [0.05, 0.1) is 10.7 Å². The number of phenolic OH excluding ortho intramolecular Hbond substituents is 1. The molecule has 0 radical (unpaired) electrons. The van der Waals surface area contributed by atoms with Crippen LogP contribution in [0.1, 0.15) is 6.42 Å². The van der Waals surface area contributed by atoms with E-state index in [0.29, 0.717) is 15.2 Å². The molecule has 2 aromatic rings. The number of aromatic hydroxyl groups is 1. The summed E-state index contributed by atoms with van der Waals surface area (Å²) in [5.74, 6) is 0.375. The van der Waals surface area contributed by atoms with Gasteiger partial charge in [0.2, 0.25) is 0 Å². The van der Waals surface area contributed by atoms with E-state index < -0.39 is 15.8 Å². The third kappa shape index (κ3) is 6.73. The molecule has 0 unspecified atom stereocenters. The molecule has 0 heterocycles. The number of hydrogen-bond acceptors (Lipinski definition) is 5. The van der Waals surface area contributed by atoms with E-state index in [1.54, 1.807) is 23.9 Å². The Morgan fingerprint density at radius 2 is 1.89 bits per heavy atom. The zero-order valence-corrected chi connectivity index (χ0v) is 19.4. The highest BCUT2D eigenvalue weighted by Gasteiger charge is 2.22. The van der Waals surface area contributed by atoms with Gasteiger partial charge in [0.15, 0.2) is 5.75 Å². The van der Waals surface area contributed by atoms with Crippen molar-refractivity contribution in [3.63, 3.8) is 0 Å². The van der Waals surface area contributed by atoms with Crippen molar-refractivity contribution in [2.75, 3.05) is 31.1 Å². The van der Waals surface area contributed by atoms with Gasteiger partial charge in [0, 0.05) is 14.4 Å². The lowest BCUT2D eigenvalue weighted by molar-refractivity contribution is 0.410. The van der Waals surface area contributed by atoms with Gasteiger partial charge in [-0.15, -0.1) is 11.8 Å². The van der Waals surface area contributed by atoms with Crippen LogP contribution in [0.3, 0.4) is 0 Å². The first-order valence-electron chi connectivity index (χ1n) is 7.87. The Hall–Kier alpha value is -0.640. The summed E-state index contributed by atoms with van der Waals surface area (Å²) >= 11 is 16.8. The molecule has 0 atom stereocenters. The van der Waals surface area contributed by atoms with Crippen molar-refractivity contribution in [2.45, 2.75) is 16.2 Å². The van der Waals surface area contributed by atoms with Crippen LogP contribution in [-0.2, 0) is 10.0 Å². The van der Waals surface area contributed by atoms with Crippen LogP contribution in [0.2, 0.25) is 10.0 Å². The van der Waals surface area contributed by atoms with E-state index in [2.05, 4.69) is 25.6 Å². The smallest absolute Gasteiger partial charge is 0.265 e. The molecule has 0 spiro atoms. The number of sulfonamides is 1. The predicted molar refractivity (Wildman–Crippen MR) is 117 cm³/mol. The third-order valence-electron chi connectivity index (χ3n) is 3.42. The van der Waals surface area contributed by atoms with Crippen molar-refractivity contribution in [3.05, 3.63) is 44.8 Å². The maximum Gasteiger partial charge on any atom is 0.265 e. The Balaban J connectivity index is 2.21. The van der Waals surface area contributed by atoms with E-state index in [1.165, 1.54) is 18.2 Å². The summed E-state index contributed by atoms with van der Waals surface area (Å²) < 4.78 is 28.2. The maximum absolute atomic E-state index is 12.7. The van der Waals surface area contributed by atoms with Gasteiger partial charge in [0.1, 0.15) is 4.90 Å². The topological polar surface area (TPSA) is 69.6 Å². The molecule has 2 aromatic carbocycles. The Labute approximate surface area is 182 Å². The van der Waals surface area contributed by atoms with Gasteiger partial charge in [-0.25, -0.2) is 8.42 Å². The van der Waals surface area contributed by atoms with Crippen LogP contribution in [0.15, 0.2) is 44.6 Å². The lowest BCUT2D eigenvalue weighted by Crippen LogP contribution is -2.14. The summed E-state index contributed by atoms with van der Waals surface area (Å²) in [6.07, 6.45) is 0.996. The van der Waals surface area contributed by atoms with E-state index >= 15 is 0 Å². The van der Waals surface area contributed by atoms with E-state index in [9.17, 15) is 13.5 Å². The second-order valence-corrected chi connectivity index (χ2v) is 10.6. The molecule has 0 aliphatic rings. The number of rotatable bonds is 8. The van der Waals surface area contributed by atoms with Crippen LogP contribution >= 0.6 is 50.9 Å². The number of nitrogens with zero attached hydrogens (tertiary/aromatic N) is 1. The molecule has 0 saturated heterocycles. The van der Waals surface area contributed by atoms with Gasteiger partial charge in [0.25, 0.3) is 10.0 Å². The number of benzene rings is 2. The molecular weight excluding hydrogens is 495 g/mol. The average Bonchev–Trinajstić information content (AvgIpc) is 2.53. The second kappa shape index (κ2) is 9.71. The Morgan fingerprint density at radius 1 is 1.19 bits per heavy atom. The Bertz CT molecular complexity index is 925. The van der Waals surface area contributed by atoms with Crippen LogP contribution in [0.25, 0.3) is 0 Å². The first-order chi connectivity index (χ1) is 12.6. The zero-order valence-electron chi connectivity index (χ0n) is 14.7. The molecule has 27 heavy (non-hydrogen) atoms. The van der Waals surface area contributed by atoms with Gasteiger partial charge in [-0.1, -0.05) is 39.1 Å².